The number of hydrogen-bond acceptors (Lipinski definition) is 1. The van der Waals surface area contributed by atoms with Crippen molar-refractivity contribution >= 4 is 10.9 Å². The number of rotatable bonds is 5. The minimum absolute atomic E-state index is 0.382. The van der Waals surface area contributed by atoms with Gasteiger partial charge in [-0.2, -0.15) is 0 Å². The van der Waals surface area contributed by atoms with Crippen LogP contribution in [0.4, 0.5) is 0 Å². The maximum absolute atomic E-state index is 5.83. The zero-order valence-corrected chi connectivity index (χ0v) is 17.3. The fourth-order valence-electron chi connectivity index (χ4n) is 5.12. The lowest BCUT2D eigenvalue weighted by Crippen LogP contribution is -2.36. The highest BCUT2D eigenvalue weighted by Gasteiger charge is 2.30. The molecule has 2 atom stereocenters. The molecule has 2 fully saturated rings. The maximum atomic E-state index is 5.83. The Balaban J connectivity index is 1.52. The largest absolute Gasteiger partial charge is 0.361 e. The molecule has 1 aliphatic carbocycles. The first-order chi connectivity index (χ1) is 14.2. The average Bonchev–Trinajstić information content (AvgIpc) is 3.43. The molecule has 1 aromatic heterocycles. The van der Waals surface area contributed by atoms with Crippen molar-refractivity contribution in [3.63, 3.8) is 0 Å². The Bertz CT molecular complexity index is 1040. The molecule has 1 aliphatic heterocycles. The molecule has 0 unspecified atom stereocenters. The Labute approximate surface area is 174 Å². The standard InChI is InChI=1S/C27H30N2/c1-3-20-12-14-29(26(17-20)22-7-5-4-6-8-22)18-25-23(16-21-9-10-21)15-19(2)27-24(25)11-13-28-27/h1,4-8,11,13,15,20-21,26,28H,9-10,12,14,16-18H2,2H3/t20-,26+/m1/s1. The van der Waals surface area contributed by atoms with Gasteiger partial charge in [0, 0.05) is 42.1 Å². The molecule has 0 amide bonds. The van der Waals surface area contributed by atoms with E-state index in [0.29, 0.717) is 12.0 Å². The first-order valence-corrected chi connectivity index (χ1v) is 11.1. The second-order valence-corrected chi connectivity index (χ2v) is 9.03. The van der Waals surface area contributed by atoms with Gasteiger partial charge in [0.2, 0.25) is 0 Å². The summed E-state index contributed by atoms with van der Waals surface area (Å²) in [5, 5.41) is 1.41. The van der Waals surface area contributed by atoms with E-state index >= 15 is 0 Å². The fourth-order valence-corrected chi connectivity index (χ4v) is 5.12. The monoisotopic (exact) mass is 382 g/mol. The van der Waals surface area contributed by atoms with Crippen LogP contribution in [0.3, 0.4) is 0 Å². The summed E-state index contributed by atoms with van der Waals surface area (Å²) in [5.41, 5.74) is 7.15. The molecule has 0 spiro atoms. The number of H-pyrrole nitrogens is 1. The summed E-state index contributed by atoms with van der Waals surface area (Å²) in [6.45, 7) is 4.31. The third-order valence-electron chi connectivity index (χ3n) is 6.94. The van der Waals surface area contributed by atoms with Gasteiger partial charge < -0.3 is 4.98 Å². The lowest BCUT2D eigenvalue weighted by molar-refractivity contribution is 0.121. The van der Waals surface area contributed by atoms with E-state index in [4.69, 9.17) is 6.42 Å². The van der Waals surface area contributed by atoms with E-state index in [2.05, 4.69) is 71.4 Å². The number of benzene rings is 2. The molecule has 2 heterocycles. The molecular formula is C27H30N2. The van der Waals surface area contributed by atoms with Crippen molar-refractivity contribution in [1.29, 1.82) is 0 Å². The molecule has 3 aromatic rings. The minimum atomic E-state index is 0.382. The van der Waals surface area contributed by atoms with Crippen molar-refractivity contribution in [2.24, 2.45) is 11.8 Å². The normalized spacial score (nSPS) is 22.6. The molecule has 29 heavy (non-hydrogen) atoms. The Morgan fingerprint density at radius 3 is 2.72 bits per heavy atom. The smallest absolute Gasteiger partial charge is 0.0487 e. The minimum Gasteiger partial charge on any atom is -0.361 e. The predicted octanol–water partition coefficient (Wildman–Crippen LogP) is 6.02. The van der Waals surface area contributed by atoms with Crippen LogP contribution < -0.4 is 0 Å². The fraction of sp³-hybridized carbons (Fsp3) is 0.407. The molecule has 1 N–H and O–H groups in total. The Morgan fingerprint density at radius 2 is 1.97 bits per heavy atom. The summed E-state index contributed by atoms with van der Waals surface area (Å²) < 4.78 is 0. The summed E-state index contributed by atoms with van der Waals surface area (Å²) in [5.74, 6) is 4.31. The Hall–Kier alpha value is -2.50. The van der Waals surface area contributed by atoms with Gasteiger partial charge in [-0.1, -0.05) is 36.4 Å². The van der Waals surface area contributed by atoms with Crippen molar-refractivity contribution < 1.29 is 0 Å². The number of nitrogens with one attached hydrogen (secondary N) is 1. The number of aryl methyl sites for hydroxylation is 1. The van der Waals surface area contributed by atoms with E-state index in [9.17, 15) is 0 Å². The zero-order valence-electron chi connectivity index (χ0n) is 17.3. The van der Waals surface area contributed by atoms with Crippen molar-refractivity contribution in [3.8, 4) is 12.3 Å². The molecule has 1 saturated carbocycles. The SMILES string of the molecule is C#C[C@@H]1CCN(Cc2c(CC3CC3)cc(C)c3[nH]ccc23)[C@H](c2ccccc2)C1. The first kappa shape index (κ1) is 18.5. The van der Waals surface area contributed by atoms with Crippen LogP contribution in [0.5, 0.6) is 0 Å². The van der Waals surface area contributed by atoms with E-state index in [1.807, 2.05) is 0 Å². The third kappa shape index (κ3) is 3.72. The van der Waals surface area contributed by atoms with Crippen LogP contribution in [0.15, 0.2) is 48.7 Å². The van der Waals surface area contributed by atoms with Gasteiger partial charge in [-0.3, -0.25) is 4.90 Å². The summed E-state index contributed by atoms with van der Waals surface area (Å²) >= 11 is 0. The first-order valence-electron chi connectivity index (χ1n) is 11.1. The van der Waals surface area contributed by atoms with Crippen LogP contribution in [0.1, 0.15) is 54.0 Å². The number of nitrogens with zero attached hydrogens (tertiary/aromatic N) is 1. The zero-order chi connectivity index (χ0) is 19.8. The number of aromatic amines is 1. The van der Waals surface area contributed by atoms with Crippen LogP contribution in [0.25, 0.3) is 10.9 Å². The molecule has 2 nitrogen and oxygen atoms in total. The van der Waals surface area contributed by atoms with Crippen LogP contribution >= 0.6 is 0 Å². The van der Waals surface area contributed by atoms with Crippen LogP contribution in [-0.4, -0.2) is 16.4 Å². The van der Waals surface area contributed by atoms with Gasteiger partial charge in [0.25, 0.3) is 0 Å². The lowest BCUT2D eigenvalue weighted by atomic mass is 9.86. The van der Waals surface area contributed by atoms with E-state index < -0.39 is 0 Å². The predicted molar refractivity (Wildman–Crippen MR) is 121 cm³/mol. The van der Waals surface area contributed by atoms with Crippen LogP contribution in [0.2, 0.25) is 0 Å². The topological polar surface area (TPSA) is 19.0 Å². The Kier molecular flexibility index (Phi) is 4.94. The summed E-state index contributed by atoms with van der Waals surface area (Å²) in [7, 11) is 0. The highest BCUT2D eigenvalue weighted by molar-refractivity contribution is 5.87. The number of aromatic nitrogens is 1. The van der Waals surface area contributed by atoms with Crippen molar-refractivity contribution in [2.75, 3.05) is 6.54 Å². The molecular weight excluding hydrogens is 352 g/mol. The van der Waals surface area contributed by atoms with Gasteiger partial charge >= 0.3 is 0 Å². The van der Waals surface area contributed by atoms with Crippen LogP contribution in [0, 0.1) is 31.1 Å². The molecule has 0 bridgehead atoms. The van der Waals surface area contributed by atoms with E-state index in [0.717, 1.165) is 31.8 Å². The molecule has 5 rings (SSSR count). The lowest BCUT2D eigenvalue weighted by Gasteiger charge is -2.39. The van der Waals surface area contributed by atoms with Gasteiger partial charge in [0.15, 0.2) is 0 Å². The van der Waals surface area contributed by atoms with Crippen LogP contribution in [-0.2, 0) is 13.0 Å². The quantitative estimate of drug-likeness (QED) is 0.535. The molecule has 2 aromatic carbocycles. The molecule has 0 radical (unpaired) electrons. The van der Waals surface area contributed by atoms with Gasteiger partial charge in [0.1, 0.15) is 0 Å². The molecule has 148 valence electrons. The number of piperidine rings is 1. The number of likely N-dealkylation sites (tertiary alicyclic amines) is 1. The van der Waals surface area contributed by atoms with Gasteiger partial charge in [-0.25, -0.2) is 0 Å². The molecule has 2 aliphatic rings. The van der Waals surface area contributed by atoms with E-state index in [-0.39, 0.29) is 0 Å². The highest BCUT2D eigenvalue weighted by atomic mass is 15.2. The number of fused-ring (bicyclic) bond motifs is 1. The number of terminal acetylenes is 1. The van der Waals surface area contributed by atoms with E-state index in [1.165, 1.54) is 46.9 Å². The highest BCUT2D eigenvalue weighted by Crippen LogP contribution is 2.39. The molecule has 1 saturated heterocycles. The number of hydrogen-bond donors (Lipinski definition) is 1. The van der Waals surface area contributed by atoms with E-state index in [1.54, 1.807) is 5.56 Å². The average molecular weight is 383 g/mol. The van der Waals surface area contributed by atoms with Crippen molar-refractivity contribution in [2.45, 2.75) is 51.6 Å². The summed E-state index contributed by atoms with van der Waals surface area (Å²) in [6, 6.07) is 16.1. The molecule has 2 heteroatoms. The van der Waals surface area contributed by atoms with Gasteiger partial charge in [-0.05, 0) is 73.3 Å². The van der Waals surface area contributed by atoms with Gasteiger partial charge in [0.05, 0.1) is 0 Å². The van der Waals surface area contributed by atoms with Crippen molar-refractivity contribution in [3.05, 3.63) is 70.9 Å². The van der Waals surface area contributed by atoms with Gasteiger partial charge in [-0.15, -0.1) is 12.3 Å². The second-order valence-electron chi connectivity index (χ2n) is 9.03. The second kappa shape index (κ2) is 7.73. The third-order valence-corrected chi connectivity index (χ3v) is 6.94. The summed E-state index contributed by atoms with van der Waals surface area (Å²) in [4.78, 5) is 6.15. The summed E-state index contributed by atoms with van der Waals surface area (Å²) in [6.07, 6.45) is 14.1. The van der Waals surface area contributed by atoms with Crippen molar-refractivity contribution in [1.82, 2.24) is 9.88 Å². The maximum Gasteiger partial charge on any atom is 0.0487 e. The Morgan fingerprint density at radius 1 is 1.14 bits per heavy atom.